The number of hydrogen-bond donors (Lipinski definition) is 1. The maximum absolute atomic E-state index is 12.3. The lowest BCUT2D eigenvalue weighted by atomic mass is 9.85. The molecule has 2 rings (SSSR count). The summed E-state index contributed by atoms with van der Waals surface area (Å²) in [6, 6.07) is 7.89. The number of rotatable bonds is 4. The summed E-state index contributed by atoms with van der Waals surface area (Å²) < 4.78 is 27.9. The van der Waals surface area contributed by atoms with Crippen molar-refractivity contribution in [3.63, 3.8) is 0 Å². The normalized spacial score (nSPS) is 18.4. The average molecular weight is 357 g/mol. The van der Waals surface area contributed by atoms with Gasteiger partial charge in [0.1, 0.15) is 6.04 Å². The van der Waals surface area contributed by atoms with Crippen LogP contribution in [0.3, 0.4) is 0 Å². The number of nitrogens with one attached hydrogen (secondary N) is 1. The number of nitrogens with zero attached hydrogens (tertiary/aromatic N) is 1. The molecule has 1 aromatic rings. The number of sulfonamides is 1. The van der Waals surface area contributed by atoms with Crippen molar-refractivity contribution in [3.05, 3.63) is 28.7 Å². The van der Waals surface area contributed by atoms with Crippen LogP contribution in [0.4, 0.5) is 0 Å². The molecule has 20 heavy (non-hydrogen) atoms. The molecule has 0 aromatic heterocycles. The van der Waals surface area contributed by atoms with Crippen LogP contribution in [0.25, 0.3) is 0 Å². The van der Waals surface area contributed by atoms with Gasteiger partial charge in [0, 0.05) is 4.47 Å². The van der Waals surface area contributed by atoms with E-state index in [0.717, 1.165) is 30.2 Å². The summed E-state index contributed by atoms with van der Waals surface area (Å²) in [5, 5.41) is 9.25. The van der Waals surface area contributed by atoms with E-state index in [1.807, 2.05) is 0 Å². The van der Waals surface area contributed by atoms with E-state index in [4.69, 9.17) is 0 Å². The quantitative estimate of drug-likeness (QED) is 0.900. The summed E-state index contributed by atoms with van der Waals surface area (Å²) >= 11 is 3.27. The standard InChI is InChI=1S/C14H17BrN2O2S/c15-12-6-8-13(9-7-12)20(18,19)17-14(10-16)11-4-2-1-3-5-11/h6-9,11,14,17H,1-5H2. The molecule has 1 saturated carbocycles. The van der Waals surface area contributed by atoms with E-state index in [-0.39, 0.29) is 10.8 Å². The van der Waals surface area contributed by atoms with Crippen molar-refractivity contribution in [3.8, 4) is 6.07 Å². The minimum Gasteiger partial charge on any atom is -0.207 e. The van der Waals surface area contributed by atoms with Crippen molar-refractivity contribution in [2.45, 2.75) is 43.0 Å². The number of benzene rings is 1. The first-order valence-corrected chi connectivity index (χ1v) is 8.98. The van der Waals surface area contributed by atoms with Crippen LogP contribution in [-0.2, 0) is 10.0 Å². The maximum atomic E-state index is 12.3. The molecule has 4 nitrogen and oxygen atoms in total. The highest BCUT2D eigenvalue weighted by Crippen LogP contribution is 2.27. The fourth-order valence-corrected chi connectivity index (χ4v) is 4.02. The Morgan fingerprint density at radius 3 is 2.35 bits per heavy atom. The molecular formula is C14H17BrN2O2S. The molecule has 1 fully saturated rings. The summed E-state index contributed by atoms with van der Waals surface area (Å²) in [6.45, 7) is 0. The molecule has 0 heterocycles. The lowest BCUT2D eigenvalue weighted by Gasteiger charge is -2.26. The van der Waals surface area contributed by atoms with Crippen molar-refractivity contribution in [2.75, 3.05) is 0 Å². The summed E-state index contributed by atoms with van der Waals surface area (Å²) in [6.07, 6.45) is 5.15. The Bertz CT molecular complexity index is 587. The second kappa shape index (κ2) is 6.70. The monoisotopic (exact) mass is 356 g/mol. The molecule has 0 spiro atoms. The van der Waals surface area contributed by atoms with Crippen molar-refractivity contribution in [1.82, 2.24) is 4.72 Å². The van der Waals surface area contributed by atoms with E-state index in [1.165, 1.54) is 18.6 Å². The first kappa shape index (κ1) is 15.5. The van der Waals surface area contributed by atoms with Gasteiger partial charge in [0.15, 0.2) is 0 Å². The predicted molar refractivity (Wildman–Crippen MR) is 80.4 cm³/mol. The Kier molecular flexibility index (Phi) is 5.19. The molecular weight excluding hydrogens is 340 g/mol. The summed E-state index contributed by atoms with van der Waals surface area (Å²) in [4.78, 5) is 0.191. The number of halogens is 1. The van der Waals surface area contributed by atoms with Crippen LogP contribution >= 0.6 is 15.9 Å². The lowest BCUT2D eigenvalue weighted by Crippen LogP contribution is -2.40. The maximum Gasteiger partial charge on any atom is 0.241 e. The Morgan fingerprint density at radius 1 is 1.20 bits per heavy atom. The molecule has 0 amide bonds. The van der Waals surface area contributed by atoms with Crippen LogP contribution in [0.5, 0.6) is 0 Å². The van der Waals surface area contributed by atoms with Gasteiger partial charge < -0.3 is 0 Å². The smallest absolute Gasteiger partial charge is 0.207 e. The zero-order valence-electron chi connectivity index (χ0n) is 11.0. The van der Waals surface area contributed by atoms with Crippen LogP contribution < -0.4 is 4.72 Å². The van der Waals surface area contributed by atoms with E-state index in [0.29, 0.717) is 0 Å². The minimum absolute atomic E-state index is 0.124. The van der Waals surface area contributed by atoms with E-state index in [1.54, 1.807) is 12.1 Å². The molecule has 1 atom stereocenters. The number of nitriles is 1. The van der Waals surface area contributed by atoms with E-state index in [9.17, 15) is 13.7 Å². The van der Waals surface area contributed by atoms with Crippen LogP contribution in [0.15, 0.2) is 33.6 Å². The second-order valence-corrected chi connectivity index (χ2v) is 7.71. The van der Waals surface area contributed by atoms with Crippen LogP contribution in [-0.4, -0.2) is 14.5 Å². The first-order valence-electron chi connectivity index (χ1n) is 6.70. The molecule has 0 bridgehead atoms. The van der Waals surface area contributed by atoms with Crippen molar-refractivity contribution in [2.24, 2.45) is 5.92 Å². The van der Waals surface area contributed by atoms with Gasteiger partial charge in [-0.1, -0.05) is 35.2 Å². The van der Waals surface area contributed by atoms with E-state index in [2.05, 4.69) is 26.7 Å². The first-order chi connectivity index (χ1) is 9.53. The molecule has 0 aliphatic heterocycles. The molecule has 1 aliphatic rings. The van der Waals surface area contributed by atoms with Gasteiger partial charge >= 0.3 is 0 Å². The third-order valence-corrected chi connectivity index (χ3v) is 5.65. The van der Waals surface area contributed by atoms with Gasteiger partial charge in [-0.25, -0.2) is 8.42 Å². The SMILES string of the molecule is N#CC(NS(=O)(=O)c1ccc(Br)cc1)C1CCCCC1. The largest absolute Gasteiger partial charge is 0.241 e. The molecule has 1 aromatic carbocycles. The highest BCUT2D eigenvalue weighted by atomic mass is 79.9. The number of hydrogen-bond acceptors (Lipinski definition) is 3. The van der Waals surface area contributed by atoms with E-state index < -0.39 is 16.1 Å². The highest BCUT2D eigenvalue weighted by Gasteiger charge is 2.28. The Balaban J connectivity index is 2.13. The van der Waals surface area contributed by atoms with Gasteiger partial charge in [0.25, 0.3) is 0 Å². The fraction of sp³-hybridized carbons (Fsp3) is 0.500. The van der Waals surface area contributed by atoms with Crippen molar-refractivity contribution >= 4 is 26.0 Å². The Labute approximate surface area is 128 Å². The minimum atomic E-state index is -3.63. The van der Waals surface area contributed by atoms with Gasteiger partial charge in [-0.3, -0.25) is 0 Å². The fourth-order valence-electron chi connectivity index (χ4n) is 2.54. The topological polar surface area (TPSA) is 70.0 Å². The van der Waals surface area contributed by atoms with E-state index >= 15 is 0 Å². The van der Waals surface area contributed by atoms with Gasteiger partial charge in [-0.05, 0) is 43.0 Å². The van der Waals surface area contributed by atoms with Gasteiger partial charge in [0.05, 0.1) is 11.0 Å². The molecule has 1 aliphatic carbocycles. The van der Waals surface area contributed by atoms with Gasteiger partial charge in [-0.2, -0.15) is 9.98 Å². The lowest BCUT2D eigenvalue weighted by molar-refractivity contribution is 0.324. The molecule has 1 unspecified atom stereocenters. The van der Waals surface area contributed by atoms with Gasteiger partial charge in [-0.15, -0.1) is 0 Å². The third-order valence-electron chi connectivity index (χ3n) is 3.67. The zero-order chi connectivity index (χ0) is 14.6. The van der Waals surface area contributed by atoms with Crippen molar-refractivity contribution in [1.29, 1.82) is 5.26 Å². The van der Waals surface area contributed by atoms with Gasteiger partial charge in [0.2, 0.25) is 10.0 Å². The average Bonchev–Trinajstić information content (AvgIpc) is 2.46. The predicted octanol–water partition coefficient (Wildman–Crippen LogP) is 3.20. The second-order valence-electron chi connectivity index (χ2n) is 5.08. The molecule has 6 heteroatoms. The molecule has 0 radical (unpaired) electrons. The van der Waals surface area contributed by atoms with Crippen LogP contribution in [0.2, 0.25) is 0 Å². The van der Waals surface area contributed by atoms with Crippen molar-refractivity contribution < 1.29 is 8.42 Å². The Morgan fingerprint density at radius 2 is 1.80 bits per heavy atom. The van der Waals surface area contributed by atoms with Crippen LogP contribution in [0, 0.1) is 17.2 Å². The molecule has 1 N–H and O–H groups in total. The molecule has 108 valence electrons. The third kappa shape index (κ3) is 3.81. The van der Waals surface area contributed by atoms with Crippen LogP contribution in [0.1, 0.15) is 32.1 Å². The summed E-state index contributed by atoms with van der Waals surface area (Å²) in [5.74, 6) is 0.124. The highest BCUT2D eigenvalue weighted by molar-refractivity contribution is 9.10. The zero-order valence-corrected chi connectivity index (χ0v) is 13.5. The molecule has 0 saturated heterocycles. The Hall–Kier alpha value is -0.900. The summed E-state index contributed by atoms with van der Waals surface area (Å²) in [7, 11) is -3.63. The summed E-state index contributed by atoms with van der Waals surface area (Å²) in [5.41, 5.74) is 0.